The number of rotatable bonds is 11. The second-order valence-corrected chi connectivity index (χ2v) is 11.2. The van der Waals surface area contributed by atoms with E-state index in [9.17, 15) is 4.79 Å². The Bertz CT molecular complexity index is 1930. The van der Waals surface area contributed by atoms with Gasteiger partial charge >= 0.3 is 0 Å². The van der Waals surface area contributed by atoms with Crippen molar-refractivity contribution in [2.75, 3.05) is 25.5 Å². The molecule has 0 unspecified atom stereocenters. The summed E-state index contributed by atoms with van der Waals surface area (Å²) in [6.07, 6.45) is 3.62. The number of aliphatic hydroxyl groups excluding tert-OH is 1. The number of benzene rings is 5. The van der Waals surface area contributed by atoms with Crippen molar-refractivity contribution in [1.82, 2.24) is 4.90 Å². The largest absolute Gasteiger partial charge is 0.456 e. The van der Waals surface area contributed by atoms with Gasteiger partial charge in [-0.1, -0.05) is 67.4 Å². The molecule has 2 N–H and O–H groups in total. The van der Waals surface area contributed by atoms with Crippen LogP contribution < -0.4 is 10.7 Å². The number of para-hydroxylation sites is 2. The molecule has 0 aromatic heterocycles. The van der Waals surface area contributed by atoms with E-state index in [1.165, 1.54) is 0 Å². The molecule has 0 radical (unpaired) electrons. The fraction of sp³-hybridized carbons (Fsp3) is 0.179. The van der Waals surface area contributed by atoms with Crippen LogP contribution in [0.25, 0.3) is 33.4 Å². The maximum absolute atomic E-state index is 13.9. The van der Waals surface area contributed by atoms with E-state index in [0.29, 0.717) is 23.5 Å². The SMILES string of the molecule is CN(CCCCCCO)C(=O)c1ccccc1-c1c2cc/c(=N\c3ccccc3)cc-2oc2cc(Nc3ccccc3)ccc12. The van der Waals surface area contributed by atoms with Gasteiger partial charge in [0.2, 0.25) is 0 Å². The molecular weight excluding hydrogens is 558 g/mol. The Morgan fingerprint density at radius 3 is 2.29 bits per heavy atom. The van der Waals surface area contributed by atoms with Gasteiger partial charge in [-0.25, -0.2) is 4.99 Å². The van der Waals surface area contributed by atoms with Crippen molar-refractivity contribution in [3.63, 3.8) is 0 Å². The molecule has 6 heteroatoms. The Balaban J connectivity index is 1.47. The van der Waals surface area contributed by atoms with Gasteiger partial charge in [0.15, 0.2) is 0 Å². The van der Waals surface area contributed by atoms with Crippen LogP contribution in [0.3, 0.4) is 0 Å². The second-order valence-electron chi connectivity index (χ2n) is 11.2. The Kier molecular flexibility index (Phi) is 9.33. The lowest BCUT2D eigenvalue weighted by Crippen LogP contribution is -2.28. The number of anilines is 2. The number of unbranched alkanes of at least 4 members (excludes halogenated alkanes) is 3. The fourth-order valence-corrected chi connectivity index (χ4v) is 5.67. The van der Waals surface area contributed by atoms with Crippen LogP contribution in [0, 0.1) is 0 Å². The van der Waals surface area contributed by atoms with Crippen molar-refractivity contribution in [3.8, 4) is 22.5 Å². The molecule has 226 valence electrons. The number of fused-ring (bicyclic) bond motifs is 2. The van der Waals surface area contributed by atoms with E-state index in [1.807, 2.05) is 122 Å². The smallest absolute Gasteiger partial charge is 0.254 e. The van der Waals surface area contributed by atoms with E-state index in [4.69, 9.17) is 14.5 Å². The molecule has 1 heterocycles. The molecule has 0 saturated heterocycles. The van der Waals surface area contributed by atoms with Crippen molar-refractivity contribution >= 4 is 33.9 Å². The van der Waals surface area contributed by atoms with Gasteiger partial charge in [-0.3, -0.25) is 4.79 Å². The van der Waals surface area contributed by atoms with Crippen LogP contribution in [0.4, 0.5) is 17.1 Å². The monoisotopic (exact) mass is 595 g/mol. The van der Waals surface area contributed by atoms with Crippen LogP contribution in [-0.4, -0.2) is 36.1 Å². The maximum Gasteiger partial charge on any atom is 0.254 e. The summed E-state index contributed by atoms with van der Waals surface area (Å²) in [5, 5.41) is 14.3. The number of nitrogens with one attached hydrogen (secondary N) is 1. The Morgan fingerprint density at radius 1 is 0.756 bits per heavy atom. The van der Waals surface area contributed by atoms with Crippen LogP contribution in [0.5, 0.6) is 0 Å². The minimum Gasteiger partial charge on any atom is -0.456 e. The van der Waals surface area contributed by atoms with E-state index in [2.05, 4.69) is 11.4 Å². The molecule has 6 rings (SSSR count). The van der Waals surface area contributed by atoms with Crippen molar-refractivity contribution in [1.29, 1.82) is 0 Å². The van der Waals surface area contributed by atoms with Crippen molar-refractivity contribution < 1.29 is 14.3 Å². The van der Waals surface area contributed by atoms with E-state index < -0.39 is 0 Å². The Labute approximate surface area is 263 Å². The molecule has 0 bridgehead atoms. The van der Waals surface area contributed by atoms with E-state index in [-0.39, 0.29) is 12.5 Å². The third kappa shape index (κ3) is 6.97. The third-order valence-corrected chi connectivity index (χ3v) is 7.96. The number of carbonyl (C=O) groups is 1. The van der Waals surface area contributed by atoms with Gasteiger partial charge in [-0.15, -0.1) is 0 Å². The van der Waals surface area contributed by atoms with Crippen molar-refractivity contribution in [2.45, 2.75) is 25.7 Å². The molecule has 1 aliphatic carbocycles. The quantitative estimate of drug-likeness (QED) is 0.116. The number of amides is 1. The highest BCUT2D eigenvalue weighted by atomic mass is 16.3. The summed E-state index contributed by atoms with van der Waals surface area (Å²) in [4.78, 5) is 20.5. The summed E-state index contributed by atoms with van der Waals surface area (Å²) < 4.78 is 6.59. The lowest BCUT2D eigenvalue weighted by molar-refractivity contribution is 0.0793. The first-order valence-electron chi connectivity index (χ1n) is 15.5. The molecule has 0 atom stereocenters. The predicted octanol–water partition coefficient (Wildman–Crippen LogP) is 8.81. The van der Waals surface area contributed by atoms with Gasteiger partial charge < -0.3 is 19.7 Å². The van der Waals surface area contributed by atoms with Crippen LogP contribution >= 0.6 is 0 Å². The van der Waals surface area contributed by atoms with Crippen molar-refractivity contribution in [3.05, 3.63) is 132 Å². The predicted molar refractivity (Wildman–Crippen MR) is 182 cm³/mol. The van der Waals surface area contributed by atoms with Gasteiger partial charge in [-0.05, 0) is 73.0 Å². The fourth-order valence-electron chi connectivity index (χ4n) is 5.67. The van der Waals surface area contributed by atoms with Crippen LogP contribution in [0.2, 0.25) is 0 Å². The van der Waals surface area contributed by atoms with E-state index in [0.717, 1.165) is 70.2 Å². The highest BCUT2D eigenvalue weighted by Crippen LogP contribution is 2.42. The normalized spacial score (nSPS) is 11.6. The van der Waals surface area contributed by atoms with Gasteiger partial charge in [0.1, 0.15) is 11.3 Å². The summed E-state index contributed by atoms with van der Waals surface area (Å²) in [6.45, 7) is 0.863. The molecule has 4 aromatic rings. The molecule has 4 aromatic carbocycles. The van der Waals surface area contributed by atoms with Crippen LogP contribution in [-0.2, 0) is 0 Å². The molecule has 1 aliphatic heterocycles. The average molecular weight is 596 g/mol. The molecule has 1 amide bonds. The second kappa shape index (κ2) is 14.1. The number of hydrogen-bond acceptors (Lipinski definition) is 5. The molecule has 6 nitrogen and oxygen atoms in total. The van der Waals surface area contributed by atoms with Crippen LogP contribution in [0.15, 0.2) is 131 Å². The number of hydrogen-bond donors (Lipinski definition) is 2. The van der Waals surface area contributed by atoms with Gasteiger partial charge in [0.05, 0.1) is 11.0 Å². The minimum atomic E-state index is -0.0205. The van der Waals surface area contributed by atoms with Gasteiger partial charge in [0.25, 0.3) is 5.91 Å². The molecular formula is C39H37N3O3. The summed E-state index contributed by atoms with van der Waals surface area (Å²) in [7, 11) is 1.86. The van der Waals surface area contributed by atoms with E-state index >= 15 is 0 Å². The Hall–Kier alpha value is -5.20. The minimum absolute atomic E-state index is 0.0205. The summed E-state index contributed by atoms with van der Waals surface area (Å²) in [5.41, 5.74) is 6.81. The maximum atomic E-state index is 13.9. The highest BCUT2D eigenvalue weighted by Gasteiger charge is 2.23. The number of aliphatic hydroxyl groups is 1. The number of nitrogens with zero attached hydrogens (tertiary/aromatic N) is 2. The first-order valence-corrected chi connectivity index (χ1v) is 15.5. The summed E-state index contributed by atoms with van der Waals surface area (Å²) in [5.74, 6) is 0.666. The zero-order valence-electron chi connectivity index (χ0n) is 25.4. The van der Waals surface area contributed by atoms with Crippen LogP contribution in [0.1, 0.15) is 36.0 Å². The third-order valence-electron chi connectivity index (χ3n) is 7.96. The first kappa shape index (κ1) is 29.9. The van der Waals surface area contributed by atoms with Gasteiger partial charge in [0, 0.05) is 65.8 Å². The van der Waals surface area contributed by atoms with Crippen molar-refractivity contribution in [2.24, 2.45) is 4.99 Å². The Morgan fingerprint density at radius 2 is 1.49 bits per heavy atom. The molecule has 0 saturated carbocycles. The first-order chi connectivity index (χ1) is 22.1. The molecule has 0 fully saturated rings. The average Bonchev–Trinajstić information content (AvgIpc) is 3.07. The zero-order chi connectivity index (χ0) is 31.0. The van der Waals surface area contributed by atoms with E-state index in [1.54, 1.807) is 4.90 Å². The lowest BCUT2D eigenvalue weighted by Gasteiger charge is -2.21. The number of carbonyl (C=O) groups excluding carboxylic acids is 1. The molecule has 45 heavy (non-hydrogen) atoms. The summed E-state index contributed by atoms with van der Waals surface area (Å²) in [6, 6.07) is 39.8. The van der Waals surface area contributed by atoms with Gasteiger partial charge in [-0.2, -0.15) is 0 Å². The highest BCUT2D eigenvalue weighted by molar-refractivity contribution is 6.09. The standard InChI is InChI=1S/C39H37N3O3/c1-42(24-12-2-3-13-25-43)39(44)33-19-11-10-18-32(33)38-34-22-20-30(40-28-14-6-4-7-15-28)26-36(34)45-37-27-31(21-23-35(37)38)41-29-16-8-5-9-17-29/h4-11,14-23,26-27,40,43H,2-3,12-13,24-25H2,1H3/b41-31+. The topological polar surface area (TPSA) is 78.1 Å². The molecule has 2 aliphatic rings. The molecule has 0 spiro atoms. The zero-order valence-corrected chi connectivity index (χ0v) is 25.4. The lowest BCUT2D eigenvalue weighted by atomic mass is 9.90. The summed E-state index contributed by atoms with van der Waals surface area (Å²) >= 11 is 0.